The molecule has 2 aromatic heterocycles. The van der Waals surface area contributed by atoms with Gasteiger partial charge in [-0.3, -0.25) is 4.79 Å². The SMILES string of the molecule is Cc1cc(C)n2nc(C(=O)O[C@H](C)C(=O)N3CCCC3)nc2n1. The zero-order valence-corrected chi connectivity index (χ0v) is 13.4. The fourth-order valence-electron chi connectivity index (χ4n) is 2.71. The van der Waals surface area contributed by atoms with Gasteiger partial charge >= 0.3 is 5.97 Å². The highest BCUT2D eigenvalue weighted by molar-refractivity contribution is 5.89. The zero-order valence-electron chi connectivity index (χ0n) is 13.4. The van der Waals surface area contributed by atoms with E-state index in [4.69, 9.17) is 4.74 Å². The number of ether oxygens (including phenoxy) is 1. The van der Waals surface area contributed by atoms with Crippen molar-refractivity contribution < 1.29 is 14.3 Å². The molecule has 3 heterocycles. The lowest BCUT2D eigenvalue weighted by Gasteiger charge is -2.19. The van der Waals surface area contributed by atoms with Gasteiger partial charge in [-0.1, -0.05) is 0 Å². The average Bonchev–Trinajstić information content (AvgIpc) is 3.15. The third kappa shape index (κ3) is 3.01. The van der Waals surface area contributed by atoms with Crippen molar-refractivity contribution in [2.75, 3.05) is 13.1 Å². The van der Waals surface area contributed by atoms with Crippen LogP contribution in [0.25, 0.3) is 5.78 Å². The van der Waals surface area contributed by atoms with Crippen molar-refractivity contribution in [2.24, 2.45) is 0 Å². The summed E-state index contributed by atoms with van der Waals surface area (Å²) in [6, 6.07) is 1.84. The van der Waals surface area contributed by atoms with Crippen LogP contribution in [0.15, 0.2) is 6.07 Å². The fourth-order valence-corrected chi connectivity index (χ4v) is 2.71. The molecule has 3 rings (SSSR count). The van der Waals surface area contributed by atoms with E-state index in [1.54, 1.807) is 11.8 Å². The summed E-state index contributed by atoms with van der Waals surface area (Å²) in [6.07, 6.45) is 1.14. The highest BCUT2D eigenvalue weighted by Crippen LogP contribution is 2.12. The molecule has 1 aliphatic rings. The number of carbonyl (C=O) groups is 2. The second kappa shape index (κ2) is 5.94. The van der Waals surface area contributed by atoms with Crippen LogP contribution in [0, 0.1) is 13.8 Å². The van der Waals surface area contributed by atoms with Gasteiger partial charge in [0.05, 0.1) is 0 Å². The monoisotopic (exact) mass is 317 g/mol. The quantitative estimate of drug-likeness (QED) is 0.782. The predicted octanol–water partition coefficient (Wildman–Crippen LogP) is 0.909. The maximum absolute atomic E-state index is 12.2. The van der Waals surface area contributed by atoms with Gasteiger partial charge in [0, 0.05) is 24.5 Å². The van der Waals surface area contributed by atoms with Crippen LogP contribution in [0.4, 0.5) is 0 Å². The van der Waals surface area contributed by atoms with Gasteiger partial charge in [0.25, 0.3) is 17.5 Å². The Bertz CT molecular complexity index is 764. The molecule has 23 heavy (non-hydrogen) atoms. The van der Waals surface area contributed by atoms with E-state index in [2.05, 4.69) is 15.1 Å². The molecule has 1 atom stereocenters. The van der Waals surface area contributed by atoms with Gasteiger partial charge in [-0.15, -0.1) is 5.10 Å². The minimum absolute atomic E-state index is 0.0905. The number of esters is 1. The number of nitrogens with zero attached hydrogens (tertiary/aromatic N) is 5. The van der Waals surface area contributed by atoms with Crippen molar-refractivity contribution >= 4 is 17.7 Å². The number of likely N-dealkylation sites (tertiary alicyclic amines) is 1. The van der Waals surface area contributed by atoms with Gasteiger partial charge in [0.15, 0.2) is 6.10 Å². The van der Waals surface area contributed by atoms with Crippen LogP contribution in [0.2, 0.25) is 0 Å². The molecule has 0 saturated carbocycles. The molecule has 1 aliphatic heterocycles. The summed E-state index contributed by atoms with van der Waals surface area (Å²) < 4.78 is 6.70. The van der Waals surface area contributed by atoms with E-state index in [-0.39, 0.29) is 11.7 Å². The third-order valence-corrected chi connectivity index (χ3v) is 3.85. The first kappa shape index (κ1) is 15.4. The fraction of sp³-hybridized carbons (Fsp3) is 0.533. The van der Waals surface area contributed by atoms with Gasteiger partial charge < -0.3 is 9.64 Å². The molecule has 0 spiro atoms. The number of carbonyl (C=O) groups excluding carboxylic acids is 2. The lowest BCUT2D eigenvalue weighted by atomic mass is 10.3. The largest absolute Gasteiger partial charge is 0.447 e. The van der Waals surface area contributed by atoms with Gasteiger partial charge in [0.1, 0.15) is 0 Å². The minimum atomic E-state index is -0.844. The summed E-state index contributed by atoms with van der Waals surface area (Å²) in [5, 5.41) is 4.11. The molecule has 0 radical (unpaired) electrons. The lowest BCUT2D eigenvalue weighted by molar-refractivity contribution is -0.138. The Labute approximate surface area is 133 Å². The van der Waals surface area contributed by atoms with Crippen molar-refractivity contribution in [2.45, 2.75) is 39.7 Å². The number of fused-ring (bicyclic) bond motifs is 1. The second-order valence-electron chi connectivity index (χ2n) is 5.77. The van der Waals surface area contributed by atoms with E-state index in [0.717, 1.165) is 37.3 Å². The van der Waals surface area contributed by atoms with Crippen LogP contribution in [0.3, 0.4) is 0 Å². The Kier molecular flexibility index (Phi) is 3.97. The van der Waals surface area contributed by atoms with Crippen LogP contribution >= 0.6 is 0 Å². The van der Waals surface area contributed by atoms with Crippen molar-refractivity contribution in [1.82, 2.24) is 24.5 Å². The van der Waals surface area contributed by atoms with Gasteiger partial charge in [-0.25, -0.2) is 14.3 Å². The standard InChI is InChI=1S/C15H19N5O3/c1-9-8-10(2)20-15(16-9)17-12(18-20)14(22)23-11(3)13(21)19-6-4-5-7-19/h8,11H,4-7H2,1-3H3/t11-/m1/s1. The Morgan fingerprint density at radius 3 is 2.61 bits per heavy atom. The first-order valence-corrected chi connectivity index (χ1v) is 7.66. The lowest BCUT2D eigenvalue weighted by Crippen LogP contribution is -2.38. The molecular formula is C15H19N5O3. The van der Waals surface area contributed by atoms with Gasteiger partial charge in [0.2, 0.25) is 0 Å². The maximum atomic E-state index is 12.2. The second-order valence-corrected chi connectivity index (χ2v) is 5.77. The van der Waals surface area contributed by atoms with Crippen LogP contribution in [-0.4, -0.2) is 55.6 Å². The summed E-state index contributed by atoms with van der Waals surface area (Å²) in [5.74, 6) is -0.641. The molecule has 0 unspecified atom stereocenters. The Morgan fingerprint density at radius 2 is 1.91 bits per heavy atom. The average molecular weight is 317 g/mol. The zero-order chi connectivity index (χ0) is 16.6. The summed E-state index contributed by atoms with van der Waals surface area (Å²) in [6.45, 7) is 6.70. The highest BCUT2D eigenvalue weighted by Gasteiger charge is 2.27. The molecule has 1 saturated heterocycles. The molecular weight excluding hydrogens is 298 g/mol. The molecule has 122 valence electrons. The molecule has 0 N–H and O–H groups in total. The van der Waals surface area contributed by atoms with Gasteiger partial charge in [-0.2, -0.15) is 4.98 Å². The van der Waals surface area contributed by atoms with E-state index < -0.39 is 12.1 Å². The molecule has 0 aromatic carbocycles. The number of hydrogen-bond acceptors (Lipinski definition) is 6. The van der Waals surface area contributed by atoms with E-state index in [1.807, 2.05) is 19.9 Å². The van der Waals surface area contributed by atoms with Crippen molar-refractivity contribution in [3.05, 3.63) is 23.3 Å². The number of hydrogen-bond donors (Lipinski definition) is 0. The topological polar surface area (TPSA) is 89.7 Å². The van der Waals surface area contributed by atoms with Crippen LogP contribution in [0.1, 0.15) is 41.8 Å². The summed E-state index contributed by atoms with van der Waals surface area (Å²) in [7, 11) is 0. The smallest absolute Gasteiger partial charge is 0.379 e. The molecule has 8 nitrogen and oxygen atoms in total. The first-order chi connectivity index (χ1) is 11.0. The minimum Gasteiger partial charge on any atom is -0.447 e. The van der Waals surface area contributed by atoms with Crippen LogP contribution in [-0.2, 0) is 9.53 Å². The molecule has 1 amide bonds. The van der Waals surface area contributed by atoms with E-state index in [1.165, 1.54) is 4.52 Å². The predicted molar refractivity (Wildman–Crippen MR) is 80.9 cm³/mol. The molecule has 0 aliphatic carbocycles. The molecule has 2 aromatic rings. The summed E-state index contributed by atoms with van der Waals surface area (Å²) >= 11 is 0. The summed E-state index contributed by atoms with van der Waals surface area (Å²) in [4.78, 5) is 34.4. The number of amides is 1. The maximum Gasteiger partial charge on any atom is 0.379 e. The number of aromatic nitrogens is 4. The van der Waals surface area contributed by atoms with Gasteiger partial charge in [-0.05, 0) is 39.7 Å². The third-order valence-electron chi connectivity index (χ3n) is 3.85. The van der Waals surface area contributed by atoms with E-state index >= 15 is 0 Å². The Morgan fingerprint density at radius 1 is 1.22 bits per heavy atom. The molecule has 8 heteroatoms. The molecule has 0 bridgehead atoms. The Hall–Kier alpha value is -2.51. The van der Waals surface area contributed by atoms with Crippen molar-refractivity contribution in [3.63, 3.8) is 0 Å². The summed E-state index contributed by atoms with van der Waals surface area (Å²) in [5.41, 5.74) is 1.61. The van der Waals surface area contributed by atoms with E-state index in [0.29, 0.717) is 5.78 Å². The normalized spacial score (nSPS) is 15.9. The van der Waals surface area contributed by atoms with Crippen LogP contribution < -0.4 is 0 Å². The highest BCUT2D eigenvalue weighted by atomic mass is 16.5. The number of aryl methyl sites for hydroxylation is 2. The first-order valence-electron chi connectivity index (χ1n) is 7.66. The number of rotatable bonds is 3. The Balaban J connectivity index is 1.75. The van der Waals surface area contributed by atoms with Crippen LogP contribution in [0.5, 0.6) is 0 Å². The molecule has 1 fully saturated rings. The van der Waals surface area contributed by atoms with E-state index in [9.17, 15) is 9.59 Å². The van der Waals surface area contributed by atoms with Crippen molar-refractivity contribution in [3.8, 4) is 0 Å². The van der Waals surface area contributed by atoms with Crippen molar-refractivity contribution in [1.29, 1.82) is 0 Å².